The van der Waals surface area contributed by atoms with Gasteiger partial charge in [0.1, 0.15) is 5.82 Å². The smallest absolute Gasteiger partial charge is 0.243 e. The molecule has 4 N–H and O–H groups in total. The zero-order chi connectivity index (χ0) is 20.8. The largest absolute Gasteiger partial charge is 0.346 e. The van der Waals surface area contributed by atoms with Crippen LogP contribution in [-0.2, 0) is 9.59 Å². The molecule has 0 aliphatic carbocycles. The molecule has 11 heteroatoms. The highest BCUT2D eigenvalue weighted by molar-refractivity contribution is 9.10. The first-order chi connectivity index (χ1) is 14.0. The predicted molar refractivity (Wildman–Crippen MR) is 112 cm³/mol. The van der Waals surface area contributed by atoms with Gasteiger partial charge in [0, 0.05) is 4.47 Å². The molecule has 0 atom stereocenters. The summed E-state index contributed by atoms with van der Waals surface area (Å²) < 4.78 is 15.7. The van der Waals surface area contributed by atoms with Crippen molar-refractivity contribution in [2.75, 3.05) is 23.5 Å². The van der Waals surface area contributed by atoms with Crippen molar-refractivity contribution in [2.45, 2.75) is 5.16 Å². The van der Waals surface area contributed by atoms with E-state index in [1.165, 1.54) is 12.1 Å². The van der Waals surface area contributed by atoms with Crippen LogP contribution in [0.1, 0.15) is 0 Å². The van der Waals surface area contributed by atoms with E-state index in [1.807, 2.05) is 6.07 Å². The number of hydrogen-bond donors (Lipinski definition) is 3. The van der Waals surface area contributed by atoms with Gasteiger partial charge in [0.25, 0.3) is 0 Å². The van der Waals surface area contributed by atoms with E-state index in [4.69, 9.17) is 5.84 Å². The standard InChI is InChI=1S/C18H16BrFN6O2S/c19-12-6-2-4-8-14(12)23-15(27)9-22-16(28)10-29-18-25-24-17(26(18)21)11-5-1-3-7-13(11)20/h1-8H,9-10,21H2,(H,22,28)(H,23,27). The molecule has 3 aromatic rings. The van der Waals surface area contributed by atoms with Crippen molar-refractivity contribution in [1.29, 1.82) is 0 Å². The van der Waals surface area contributed by atoms with E-state index in [0.717, 1.165) is 20.9 Å². The van der Waals surface area contributed by atoms with Crippen LogP contribution < -0.4 is 16.5 Å². The van der Waals surface area contributed by atoms with Gasteiger partial charge in [-0.1, -0.05) is 36.0 Å². The SMILES string of the molecule is Nn1c(SCC(=O)NCC(=O)Nc2ccccc2Br)nnc1-c1ccccc1F. The monoisotopic (exact) mass is 478 g/mol. The molecule has 2 amide bonds. The van der Waals surface area contributed by atoms with Crippen molar-refractivity contribution in [2.24, 2.45) is 0 Å². The number of amides is 2. The second kappa shape index (κ2) is 9.52. The Hall–Kier alpha value is -2.92. The molecule has 0 aliphatic heterocycles. The van der Waals surface area contributed by atoms with Crippen molar-refractivity contribution in [1.82, 2.24) is 20.2 Å². The third-order valence-electron chi connectivity index (χ3n) is 3.71. The van der Waals surface area contributed by atoms with E-state index in [1.54, 1.807) is 30.3 Å². The number of aromatic nitrogens is 3. The van der Waals surface area contributed by atoms with Crippen molar-refractivity contribution in [3.05, 3.63) is 58.8 Å². The van der Waals surface area contributed by atoms with E-state index < -0.39 is 5.82 Å². The first kappa shape index (κ1) is 20.8. The molecule has 0 spiro atoms. The fourth-order valence-electron chi connectivity index (χ4n) is 2.32. The summed E-state index contributed by atoms with van der Waals surface area (Å²) in [6.07, 6.45) is 0. The average Bonchev–Trinajstić information content (AvgIpc) is 3.07. The van der Waals surface area contributed by atoms with E-state index in [0.29, 0.717) is 5.69 Å². The Kier molecular flexibility index (Phi) is 6.83. The molecule has 1 aromatic heterocycles. The second-order valence-corrected chi connectivity index (χ2v) is 7.55. The minimum absolute atomic E-state index is 0.0328. The van der Waals surface area contributed by atoms with Gasteiger partial charge in [-0.25, -0.2) is 9.07 Å². The molecule has 3 rings (SSSR count). The normalized spacial score (nSPS) is 10.6. The minimum Gasteiger partial charge on any atom is -0.346 e. The molecular formula is C18H16BrFN6O2S. The number of benzene rings is 2. The molecule has 150 valence electrons. The van der Waals surface area contributed by atoms with Gasteiger partial charge in [-0.05, 0) is 40.2 Å². The van der Waals surface area contributed by atoms with Gasteiger partial charge in [0.2, 0.25) is 17.0 Å². The lowest BCUT2D eigenvalue weighted by molar-refractivity contribution is -0.122. The van der Waals surface area contributed by atoms with Crippen LogP contribution in [0.25, 0.3) is 11.4 Å². The number of para-hydroxylation sites is 1. The van der Waals surface area contributed by atoms with E-state index in [-0.39, 0.29) is 40.7 Å². The zero-order valence-corrected chi connectivity index (χ0v) is 17.3. The van der Waals surface area contributed by atoms with Gasteiger partial charge in [-0.15, -0.1) is 10.2 Å². The van der Waals surface area contributed by atoms with Crippen molar-refractivity contribution >= 4 is 45.2 Å². The minimum atomic E-state index is -0.475. The van der Waals surface area contributed by atoms with E-state index in [2.05, 4.69) is 36.8 Å². The van der Waals surface area contributed by atoms with E-state index >= 15 is 0 Å². The highest BCUT2D eigenvalue weighted by Gasteiger charge is 2.16. The van der Waals surface area contributed by atoms with Gasteiger partial charge in [0.05, 0.1) is 23.5 Å². The molecule has 2 aromatic carbocycles. The van der Waals surface area contributed by atoms with Crippen LogP contribution >= 0.6 is 27.7 Å². The maximum atomic E-state index is 13.9. The van der Waals surface area contributed by atoms with Gasteiger partial charge < -0.3 is 16.5 Å². The fraction of sp³-hybridized carbons (Fsp3) is 0.111. The lowest BCUT2D eigenvalue weighted by Crippen LogP contribution is -2.34. The topological polar surface area (TPSA) is 115 Å². The Balaban J connectivity index is 1.50. The van der Waals surface area contributed by atoms with E-state index in [9.17, 15) is 14.0 Å². The van der Waals surface area contributed by atoms with Crippen molar-refractivity contribution in [3.63, 3.8) is 0 Å². The summed E-state index contributed by atoms with van der Waals surface area (Å²) in [4.78, 5) is 24.0. The van der Waals surface area contributed by atoms with Crippen LogP contribution in [0.4, 0.5) is 10.1 Å². The number of nitrogens with two attached hydrogens (primary N) is 1. The molecule has 0 radical (unpaired) electrons. The Bertz CT molecular complexity index is 1040. The Morgan fingerprint density at radius 2 is 1.83 bits per heavy atom. The lowest BCUT2D eigenvalue weighted by Gasteiger charge is -2.08. The summed E-state index contributed by atoms with van der Waals surface area (Å²) in [5, 5.41) is 13.2. The highest BCUT2D eigenvalue weighted by Crippen LogP contribution is 2.23. The number of thioether (sulfide) groups is 1. The summed E-state index contributed by atoms with van der Waals surface area (Å²) >= 11 is 4.35. The maximum absolute atomic E-state index is 13.9. The first-order valence-corrected chi connectivity index (χ1v) is 10.1. The third kappa shape index (κ3) is 5.33. The molecule has 1 heterocycles. The predicted octanol–water partition coefficient (Wildman–Crippen LogP) is 2.41. The number of halogens is 2. The summed E-state index contributed by atoms with van der Waals surface area (Å²) in [6.45, 7) is -0.184. The van der Waals surface area contributed by atoms with Crippen molar-refractivity contribution < 1.29 is 14.0 Å². The molecule has 0 aliphatic rings. The number of carbonyl (C=O) groups is 2. The molecule has 8 nitrogen and oxygen atoms in total. The molecular weight excluding hydrogens is 463 g/mol. The number of nitrogens with one attached hydrogen (secondary N) is 2. The number of rotatable bonds is 7. The summed E-state index contributed by atoms with van der Waals surface area (Å²) in [5.74, 6) is 4.82. The van der Waals surface area contributed by atoms with Crippen LogP contribution in [0.5, 0.6) is 0 Å². The van der Waals surface area contributed by atoms with Crippen LogP contribution in [0, 0.1) is 5.82 Å². The fourth-order valence-corrected chi connectivity index (χ4v) is 3.39. The Labute approximate surface area is 178 Å². The van der Waals surface area contributed by atoms with Crippen LogP contribution in [0.2, 0.25) is 0 Å². The number of nitrogens with zero attached hydrogens (tertiary/aromatic N) is 3. The Morgan fingerprint density at radius 3 is 2.59 bits per heavy atom. The quantitative estimate of drug-likeness (QED) is 0.354. The zero-order valence-electron chi connectivity index (χ0n) is 14.9. The second-order valence-electron chi connectivity index (χ2n) is 5.75. The number of anilines is 1. The van der Waals surface area contributed by atoms with Gasteiger partial charge in [-0.2, -0.15) is 0 Å². The summed E-state index contributed by atoms with van der Waals surface area (Å²) in [7, 11) is 0. The van der Waals surface area contributed by atoms with Crippen LogP contribution in [0.15, 0.2) is 58.2 Å². The lowest BCUT2D eigenvalue weighted by atomic mass is 10.2. The Morgan fingerprint density at radius 1 is 1.10 bits per heavy atom. The van der Waals surface area contributed by atoms with Crippen LogP contribution in [-0.4, -0.2) is 39.0 Å². The summed E-state index contributed by atoms with van der Waals surface area (Å²) in [6, 6.07) is 13.2. The van der Waals surface area contributed by atoms with Crippen molar-refractivity contribution in [3.8, 4) is 11.4 Å². The molecule has 0 unspecified atom stereocenters. The number of nitrogen functional groups attached to an aromatic ring is 1. The molecule has 0 fully saturated rings. The molecule has 0 bridgehead atoms. The molecule has 29 heavy (non-hydrogen) atoms. The van der Waals surface area contributed by atoms with Crippen LogP contribution in [0.3, 0.4) is 0 Å². The molecule has 0 saturated carbocycles. The van der Waals surface area contributed by atoms with Gasteiger partial charge >= 0.3 is 0 Å². The number of carbonyl (C=O) groups excluding carboxylic acids is 2. The molecule has 0 saturated heterocycles. The third-order valence-corrected chi connectivity index (χ3v) is 5.34. The number of hydrogen-bond acceptors (Lipinski definition) is 6. The summed E-state index contributed by atoms with van der Waals surface area (Å²) in [5.41, 5.74) is 0.820. The van der Waals surface area contributed by atoms with Gasteiger partial charge in [-0.3, -0.25) is 9.59 Å². The average molecular weight is 479 g/mol. The first-order valence-electron chi connectivity index (χ1n) is 8.35. The highest BCUT2D eigenvalue weighted by atomic mass is 79.9. The van der Waals surface area contributed by atoms with Gasteiger partial charge in [0.15, 0.2) is 5.82 Å². The maximum Gasteiger partial charge on any atom is 0.243 e.